The highest BCUT2D eigenvalue weighted by Gasteiger charge is 2.14. The van der Waals surface area contributed by atoms with E-state index in [0.717, 1.165) is 29.0 Å². The second-order valence-corrected chi connectivity index (χ2v) is 6.10. The maximum absolute atomic E-state index is 12.2. The van der Waals surface area contributed by atoms with Crippen LogP contribution in [0, 0.1) is 0 Å². The van der Waals surface area contributed by atoms with Gasteiger partial charge in [0.05, 0.1) is 17.1 Å². The van der Waals surface area contributed by atoms with Gasteiger partial charge in [0.25, 0.3) is 0 Å². The molecule has 3 N–H and O–H groups in total. The van der Waals surface area contributed by atoms with Crippen molar-refractivity contribution in [1.29, 1.82) is 0 Å². The van der Waals surface area contributed by atoms with Gasteiger partial charge in [-0.2, -0.15) is 0 Å². The number of amides is 1. The molecule has 0 radical (unpaired) electrons. The number of aryl methyl sites for hydroxylation is 1. The van der Waals surface area contributed by atoms with E-state index in [2.05, 4.69) is 27.9 Å². The number of carbonyl (C=O) groups is 1. The van der Waals surface area contributed by atoms with Crippen molar-refractivity contribution >= 4 is 41.8 Å². The number of imidazole rings is 1. The second-order valence-electron chi connectivity index (χ2n) is 6.10. The van der Waals surface area contributed by atoms with E-state index < -0.39 is 6.04 Å². The van der Waals surface area contributed by atoms with E-state index in [1.165, 1.54) is 0 Å². The minimum atomic E-state index is -0.535. The predicted octanol–water partition coefficient (Wildman–Crippen LogP) is 3.13. The molecule has 0 fully saturated rings. The summed E-state index contributed by atoms with van der Waals surface area (Å²) in [5.41, 5.74) is 9.20. The van der Waals surface area contributed by atoms with E-state index in [0.29, 0.717) is 19.4 Å². The minimum absolute atomic E-state index is 0. The molecule has 3 rings (SSSR count). The number of fused-ring (bicyclic) bond motifs is 1. The molecule has 0 aliphatic rings. The van der Waals surface area contributed by atoms with Crippen molar-refractivity contribution in [3.8, 4) is 0 Å². The number of nitrogens with zero attached hydrogens (tertiary/aromatic N) is 2. The van der Waals surface area contributed by atoms with Gasteiger partial charge in [0.2, 0.25) is 5.91 Å². The molecule has 27 heavy (non-hydrogen) atoms. The molecule has 1 aromatic heterocycles. The van der Waals surface area contributed by atoms with Crippen LogP contribution in [0.1, 0.15) is 18.3 Å². The lowest BCUT2D eigenvalue weighted by Gasteiger charge is -2.12. The quantitative estimate of drug-likeness (QED) is 0.630. The van der Waals surface area contributed by atoms with Crippen molar-refractivity contribution in [2.75, 3.05) is 6.54 Å². The van der Waals surface area contributed by atoms with E-state index in [1.807, 2.05) is 48.5 Å². The lowest BCUT2D eigenvalue weighted by molar-refractivity contribution is -0.122. The lowest BCUT2D eigenvalue weighted by Crippen LogP contribution is -2.42. The number of hydrogen-bond acceptors (Lipinski definition) is 3. The van der Waals surface area contributed by atoms with Gasteiger partial charge in [-0.3, -0.25) is 4.79 Å². The summed E-state index contributed by atoms with van der Waals surface area (Å²) in [5, 5.41) is 2.93. The van der Waals surface area contributed by atoms with Gasteiger partial charge in [-0.15, -0.1) is 24.8 Å². The van der Waals surface area contributed by atoms with E-state index in [4.69, 9.17) is 5.73 Å². The van der Waals surface area contributed by atoms with Crippen molar-refractivity contribution in [2.24, 2.45) is 5.73 Å². The van der Waals surface area contributed by atoms with Crippen LogP contribution >= 0.6 is 24.8 Å². The summed E-state index contributed by atoms with van der Waals surface area (Å²) < 4.78 is 2.19. The SMILES string of the molecule is CCn1c(CCNC(=O)C(N)Cc2ccccc2)nc2ccccc21.Cl.Cl. The molecule has 146 valence electrons. The number of para-hydroxylation sites is 2. The molecule has 0 aliphatic carbocycles. The Morgan fingerprint density at radius 3 is 2.48 bits per heavy atom. The zero-order chi connectivity index (χ0) is 17.6. The molecular weight excluding hydrogens is 383 g/mol. The number of halogens is 2. The Labute approximate surface area is 172 Å². The standard InChI is InChI=1S/C20H24N4O.2ClH/c1-2-24-18-11-7-6-10-17(18)23-19(24)12-13-22-20(25)16(21)14-15-8-4-3-5-9-15;;/h3-11,16H,2,12-14,21H2,1H3,(H,22,25);2*1H. The highest BCUT2D eigenvalue weighted by atomic mass is 35.5. The summed E-state index contributed by atoms with van der Waals surface area (Å²) in [4.78, 5) is 16.9. The van der Waals surface area contributed by atoms with Gasteiger partial charge in [-0.1, -0.05) is 42.5 Å². The van der Waals surface area contributed by atoms with Gasteiger partial charge >= 0.3 is 0 Å². The summed E-state index contributed by atoms with van der Waals surface area (Å²) in [5.74, 6) is 0.864. The van der Waals surface area contributed by atoms with Gasteiger partial charge < -0.3 is 15.6 Å². The number of aromatic nitrogens is 2. The monoisotopic (exact) mass is 408 g/mol. The van der Waals surface area contributed by atoms with E-state index >= 15 is 0 Å². The first-order chi connectivity index (χ1) is 12.2. The van der Waals surface area contributed by atoms with Crippen molar-refractivity contribution < 1.29 is 4.79 Å². The van der Waals surface area contributed by atoms with E-state index in [9.17, 15) is 4.79 Å². The fourth-order valence-electron chi connectivity index (χ4n) is 3.06. The number of benzene rings is 2. The molecule has 7 heteroatoms. The molecule has 1 atom stereocenters. The maximum atomic E-state index is 12.2. The number of nitrogens with two attached hydrogens (primary N) is 1. The summed E-state index contributed by atoms with van der Waals surface area (Å²) in [6.07, 6.45) is 1.23. The van der Waals surface area contributed by atoms with Gasteiger partial charge in [-0.05, 0) is 31.0 Å². The number of hydrogen-bond donors (Lipinski definition) is 2. The Balaban J connectivity index is 0.00000182. The van der Waals surface area contributed by atoms with Crippen LogP contribution in [0.2, 0.25) is 0 Å². The van der Waals surface area contributed by atoms with Crippen LogP contribution in [0.4, 0.5) is 0 Å². The summed E-state index contributed by atoms with van der Waals surface area (Å²) in [7, 11) is 0. The Morgan fingerprint density at radius 1 is 1.11 bits per heavy atom. The third-order valence-corrected chi connectivity index (χ3v) is 4.33. The van der Waals surface area contributed by atoms with E-state index in [-0.39, 0.29) is 30.7 Å². The largest absolute Gasteiger partial charge is 0.354 e. The van der Waals surface area contributed by atoms with Crippen molar-refractivity contribution in [2.45, 2.75) is 32.4 Å². The number of nitrogens with one attached hydrogen (secondary N) is 1. The van der Waals surface area contributed by atoms with Gasteiger partial charge in [0.1, 0.15) is 5.82 Å². The van der Waals surface area contributed by atoms with Gasteiger partial charge in [0, 0.05) is 19.5 Å². The molecule has 0 saturated heterocycles. The van der Waals surface area contributed by atoms with Gasteiger partial charge in [-0.25, -0.2) is 4.98 Å². The molecule has 0 bridgehead atoms. The highest BCUT2D eigenvalue weighted by molar-refractivity contribution is 5.85. The molecular formula is C20H26Cl2N4O. The molecule has 2 aromatic carbocycles. The van der Waals surface area contributed by atoms with Crippen LogP contribution in [0.5, 0.6) is 0 Å². The molecule has 1 unspecified atom stereocenters. The van der Waals surface area contributed by atoms with Crippen molar-refractivity contribution in [3.05, 3.63) is 66.0 Å². The predicted molar refractivity (Wildman–Crippen MR) is 115 cm³/mol. The van der Waals surface area contributed by atoms with Crippen LogP contribution in [-0.2, 0) is 24.2 Å². The lowest BCUT2D eigenvalue weighted by atomic mass is 10.1. The normalized spacial score (nSPS) is 11.3. The van der Waals surface area contributed by atoms with Crippen molar-refractivity contribution in [1.82, 2.24) is 14.9 Å². The number of rotatable bonds is 7. The summed E-state index contributed by atoms with van der Waals surface area (Å²) in [6.45, 7) is 3.49. The fraction of sp³-hybridized carbons (Fsp3) is 0.300. The van der Waals surface area contributed by atoms with Crippen LogP contribution in [-0.4, -0.2) is 28.0 Å². The Bertz CT molecular complexity index is 852. The Hall–Kier alpha value is -2.08. The average Bonchev–Trinajstić information content (AvgIpc) is 2.99. The number of carbonyl (C=O) groups excluding carboxylic acids is 1. The van der Waals surface area contributed by atoms with E-state index in [1.54, 1.807) is 0 Å². The highest BCUT2D eigenvalue weighted by Crippen LogP contribution is 2.16. The van der Waals surface area contributed by atoms with Crippen LogP contribution in [0.15, 0.2) is 54.6 Å². The summed E-state index contributed by atoms with van der Waals surface area (Å²) in [6, 6.07) is 17.4. The van der Waals surface area contributed by atoms with Crippen LogP contribution < -0.4 is 11.1 Å². The molecule has 1 amide bonds. The summed E-state index contributed by atoms with van der Waals surface area (Å²) >= 11 is 0. The molecule has 1 heterocycles. The second kappa shape index (κ2) is 10.9. The first-order valence-corrected chi connectivity index (χ1v) is 8.70. The van der Waals surface area contributed by atoms with Crippen molar-refractivity contribution in [3.63, 3.8) is 0 Å². The maximum Gasteiger partial charge on any atom is 0.237 e. The zero-order valence-electron chi connectivity index (χ0n) is 15.3. The third-order valence-electron chi connectivity index (χ3n) is 4.33. The third kappa shape index (κ3) is 5.70. The topological polar surface area (TPSA) is 72.9 Å². The zero-order valence-corrected chi connectivity index (χ0v) is 16.9. The molecule has 0 aliphatic heterocycles. The molecule has 5 nitrogen and oxygen atoms in total. The minimum Gasteiger partial charge on any atom is -0.354 e. The van der Waals surface area contributed by atoms with Crippen LogP contribution in [0.25, 0.3) is 11.0 Å². The Kier molecular flexibility index (Phi) is 9.29. The molecule has 0 saturated carbocycles. The first-order valence-electron chi connectivity index (χ1n) is 8.70. The Morgan fingerprint density at radius 2 is 1.78 bits per heavy atom. The van der Waals surface area contributed by atoms with Crippen LogP contribution in [0.3, 0.4) is 0 Å². The molecule has 3 aromatic rings. The molecule has 0 spiro atoms. The average molecular weight is 409 g/mol. The fourth-order valence-corrected chi connectivity index (χ4v) is 3.06. The smallest absolute Gasteiger partial charge is 0.237 e. The first kappa shape index (κ1) is 23.0. The van der Waals surface area contributed by atoms with Gasteiger partial charge in [0.15, 0.2) is 0 Å².